The molecule has 1 aromatic carbocycles. The Kier molecular flexibility index (Phi) is 5.58. The molecule has 0 radical (unpaired) electrons. The SMILES string of the molecule is CNCCCN(C)S(=O)(=O)c1cccc(OC)c1. The van der Waals surface area contributed by atoms with Crippen molar-refractivity contribution in [1.29, 1.82) is 0 Å². The van der Waals surface area contributed by atoms with Crippen LogP contribution >= 0.6 is 0 Å². The van der Waals surface area contributed by atoms with Crippen LogP contribution in [0.1, 0.15) is 6.42 Å². The summed E-state index contributed by atoms with van der Waals surface area (Å²) in [5.41, 5.74) is 0. The monoisotopic (exact) mass is 272 g/mol. The lowest BCUT2D eigenvalue weighted by molar-refractivity contribution is 0.412. The second-order valence-electron chi connectivity index (χ2n) is 3.96. The number of nitrogens with one attached hydrogen (secondary N) is 1. The average molecular weight is 272 g/mol. The van der Waals surface area contributed by atoms with Gasteiger partial charge in [0.05, 0.1) is 12.0 Å². The van der Waals surface area contributed by atoms with Crippen molar-refractivity contribution in [2.45, 2.75) is 11.3 Å². The van der Waals surface area contributed by atoms with E-state index in [0.717, 1.165) is 13.0 Å². The first-order chi connectivity index (χ1) is 8.52. The number of ether oxygens (including phenoxy) is 1. The fraction of sp³-hybridized carbons (Fsp3) is 0.500. The highest BCUT2D eigenvalue weighted by atomic mass is 32.2. The molecule has 102 valence electrons. The summed E-state index contributed by atoms with van der Waals surface area (Å²) in [6.45, 7) is 1.28. The smallest absolute Gasteiger partial charge is 0.242 e. The zero-order valence-corrected chi connectivity index (χ0v) is 11.8. The van der Waals surface area contributed by atoms with E-state index in [1.54, 1.807) is 25.2 Å². The molecule has 1 N–H and O–H groups in total. The zero-order valence-electron chi connectivity index (χ0n) is 11.0. The Morgan fingerprint density at radius 1 is 1.39 bits per heavy atom. The molecule has 0 aliphatic heterocycles. The molecule has 0 aliphatic rings. The van der Waals surface area contributed by atoms with Crippen molar-refractivity contribution in [2.75, 3.05) is 34.3 Å². The second-order valence-corrected chi connectivity index (χ2v) is 6.01. The molecule has 6 heteroatoms. The first kappa shape index (κ1) is 14.9. The highest BCUT2D eigenvalue weighted by Gasteiger charge is 2.20. The molecule has 0 saturated carbocycles. The van der Waals surface area contributed by atoms with Gasteiger partial charge in [-0.05, 0) is 32.1 Å². The Morgan fingerprint density at radius 3 is 2.72 bits per heavy atom. The first-order valence-electron chi connectivity index (χ1n) is 5.77. The van der Waals surface area contributed by atoms with Gasteiger partial charge in [0.2, 0.25) is 10.0 Å². The number of benzene rings is 1. The summed E-state index contributed by atoms with van der Waals surface area (Å²) in [7, 11) is 1.52. The summed E-state index contributed by atoms with van der Waals surface area (Å²) in [5, 5.41) is 2.99. The van der Waals surface area contributed by atoms with Gasteiger partial charge in [-0.15, -0.1) is 0 Å². The summed E-state index contributed by atoms with van der Waals surface area (Å²) >= 11 is 0. The molecule has 0 bridgehead atoms. The molecule has 0 fully saturated rings. The highest BCUT2D eigenvalue weighted by molar-refractivity contribution is 7.89. The second kappa shape index (κ2) is 6.72. The van der Waals surface area contributed by atoms with E-state index in [9.17, 15) is 8.42 Å². The summed E-state index contributed by atoms with van der Waals surface area (Å²) in [4.78, 5) is 0.258. The van der Waals surface area contributed by atoms with Crippen molar-refractivity contribution in [3.05, 3.63) is 24.3 Å². The van der Waals surface area contributed by atoms with E-state index < -0.39 is 10.0 Å². The average Bonchev–Trinajstić information content (AvgIpc) is 2.39. The maximum Gasteiger partial charge on any atom is 0.242 e. The molecule has 1 aromatic rings. The lowest BCUT2D eigenvalue weighted by Crippen LogP contribution is -2.29. The minimum atomic E-state index is -3.43. The van der Waals surface area contributed by atoms with Crippen LogP contribution in [0.25, 0.3) is 0 Å². The highest BCUT2D eigenvalue weighted by Crippen LogP contribution is 2.19. The number of hydrogen-bond donors (Lipinski definition) is 1. The predicted molar refractivity (Wildman–Crippen MR) is 71.4 cm³/mol. The maximum atomic E-state index is 12.2. The van der Waals surface area contributed by atoms with Gasteiger partial charge in [-0.25, -0.2) is 12.7 Å². The van der Waals surface area contributed by atoms with Crippen LogP contribution < -0.4 is 10.1 Å². The van der Waals surface area contributed by atoms with Gasteiger partial charge in [-0.1, -0.05) is 6.07 Å². The van der Waals surface area contributed by atoms with E-state index >= 15 is 0 Å². The van der Waals surface area contributed by atoms with Crippen molar-refractivity contribution >= 4 is 10.0 Å². The molecule has 18 heavy (non-hydrogen) atoms. The van der Waals surface area contributed by atoms with Crippen LogP contribution in [0, 0.1) is 0 Å². The quantitative estimate of drug-likeness (QED) is 0.750. The van der Waals surface area contributed by atoms with Gasteiger partial charge >= 0.3 is 0 Å². The molecule has 0 amide bonds. The summed E-state index contributed by atoms with van der Waals surface area (Å²) in [6.07, 6.45) is 0.774. The number of rotatable bonds is 7. The van der Waals surface area contributed by atoms with Gasteiger partial charge in [0.1, 0.15) is 5.75 Å². The van der Waals surface area contributed by atoms with Gasteiger partial charge in [0, 0.05) is 19.7 Å². The van der Waals surface area contributed by atoms with Crippen molar-refractivity contribution in [1.82, 2.24) is 9.62 Å². The van der Waals surface area contributed by atoms with Gasteiger partial charge in [0.15, 0.2) is 0 Å². The van der Waals surface area contributed by atoms with Crippen LogP contribution in [-0.2, 0) is 10.0 Å². The van der Waals surface area contributed by atoms with Crippen LogP contribution in [0.3, 0.4) is 0 Å². The molecule has 0 unspecified atom stereocenters. The Bertz CT molecular complexity index is 474. The molecule has 1 rings (SSSR count). The molecular formula is C12H20N2O3S. The van der Waals surface area contributed by atoms with Crippen LogP contribution in [0.4, 0.5) is 0 Å². The molecule has 5 nitrogen and oxygen atoms in total. The molecule has 0 atom stereocenters. The van der Waals surface area contributed by atoms with Crippen molar-refractivity contribution < 1.29 is 13.2 Å². The largest absolute Gasteiger partial charge is 0.497 e. The van der Waals surface area contributed by atoms with Gasteiger partial charge < -0.3 is 10.1 Å². The van der Waals surface area contributed by atoms with E-state index in [4.69, 9.17) is 4.74 Å². The van der Waals surface area contributed by atoms with Crippen LogP contribution in [0.5, 0.6) is 5.75 Å². The lowest BCUT2D eigenvalue weighted by Gasteiger charge is -2.17. The normalized spacial score (nSPS) is 11.8. The summed E-state index contributed by atoms with van der Waals surface area (Å²) in [5.74, 6) is 0.541. The van der Waals surface area contributed by atoms with E-state index in [1.165, 1.54) is 17.5 Å². The first-order valence-corrected chi connectivity index (χ1v) is 7.21. The third-order valence-electron chi connectivity index (χ3n) is 2.65. The molecule has 0 heterocycles. The summed E-state index contributed by atoms with van der Waals surface area (Å²) in [6, 6.07) is 6.50. The number of sulfonamides is 1. The lowest BCUT2D eigenvalue weighted by atomic mass is 10.3. The minimum Gasteiger partial charge on any atom is -0.497 e. The van der Waals surface area contributed by atoms with Gasteiger partial charge in [-0.2, -0.15) is 0 Å². The molecular weight excluding hydrogens is 252 g/mol. The zero-order chi connectivity index (χ0) is 13.6. The van der Waals surface area contributed by atoms with Crippen LogP contribution in [0.15, 0.2) is 29.2 Å². The minimum absolute atomic E-state index is 0.258. The van der Waals surface area contributed by atoms with Crippen LogP contribution in [0.2, 0.25) is 0 Å². The van der Waals surface area contributed by atoms with Crippen molar-refractivity contribution in [3.8, 4) is 5.75 Å². The molecule has 0 aliphatic carbocycles. The topological polar surface area (TPSA) is 58.6 Å². The van der Waals surface area contributed by atoms with E-state index in [2.05, 4.69) is 5.32 Å². The third kappa shape index (κ3) is 3.69. The van der Waals surface area contributed by atoms with Crippen molar-refractivity contribution in [2.24, 2.45) is 0 Å². The van der Waals surface area contributed by atoms with Crippen LogP contribution in [-0.4, -0.2) is 47.0 Å². The fourth-order valence-corrected chi connectivity index (χ4v) is 2.79. The molecule has 0 saturated heterocycles. The summed E-state index contributed by atoms with van der Waals surface area (Å²) < 4.78 is 30.9. The Hall–Kier alpha value is -1.11. The standard InChI is InChI=1S/C12H20N2O3S/c1-13-8-5-9-14(2)18(15,16)12-7-4-6-11(10-12)17-3/h4,6-7,10,13H,5,8-9H2,1-3H3. The number of methoxy groups -OCH3 is 1. The number of nitrogens with zero attached hydrogens (tertiary/aromatic N) is 1. The van der Waals surface area contributed by atoms with E-state index in [-0.39, 0.29) is 4.90 Å². The van der Waals surface area contributed by atoms with Gasteiger partial charge in [-0.3, -0.25) is 0 Å². The molecule has 0 spiro atoms. The Labute approximate surface area is 109 Å². The predicted octanol–water partition coefficient (Wildman–Crippen LogP) is 0.925. The molecule has 0 aromatic heterocycles. The van der Waals surface area contributed by atoms with E-state index in [0.29, 0.717) is 12.3 Å². The number of hydrogen-bond acceptors (Lipinski definition) is 4. The van der Waals surface area contributed by atoms with Crippen molar-refractivity contribution in [3.63, 3.8) is 0 Å². The Morgan fingerprint density at radius 2 is 2.11 bits per heavy atom. The fourth-order valence-electron chi connectivity index (χ4n) is 1.54. The Balaban J connectivity index is 2.84. The van der Waals surface area contributed by atoms with E-state index in [1.807, 2.05) is 7.05 Å². The third-order valence-corrected chi connectivity index (χ3v) is 4.50. The van der Waals surface area contributed by atoms with Gasteiger partial charge in [0.25, 0.3) is 0 Å². The maximum absolute atomic E-state index is 12.2.